The van der Waals surface area contributed by atoms with Crippen molar-refractivity contribution in [3.05, 3.63) is 75.9 Å². The quantitative estimate of drug-likeness (QED) is 0.546. The molecule has 1 aromatic heterocycles. The second kappa shape index (κ2) is 10.2. The summed E-state index contributed by atoms with van der Waals surface area (Å²) in [5.41, 5.74) is 2.69. The first-order valence-electron chi connectivity index (χ1n) is 12.0. The average molecular weight is 498 g/mol. The monoisotopic (exact) mass is 497 g/mol. The van der Waals surface area contributed by atoms with E-state index in [1.165, 1.54) is 0 Å². The van der Waals surface area contributed by atoms with Crippen LogP contribution in [-0.2, 0) is 6.42 Å². The summed E-state index contributed by atoms with van der Waals surface area (Å²) in [5.74, 6) is 0.299. The number of carbonyl (C=O) groups excluding carboxylic acids is 1. The van der Waals surface area contributed by atoms with Gasteiger partial charge in [0, 0.05) is 37.3 Å². The minimum atomic E-state index is -0.369. The topological polar surface area (TPSA) is 56.7 Å². The zero-order chi connectivity index (χ0) is 23.7. The standard InChI is InChI=1S/C27H29Cl2N3O2/c28-23-6-5-18(16-24(23)29)15-19-8-12-32(17-26(19)33)20-9-13-31(14-10-20)27(34)22-7-11-30-25-4-2-1-3-21(22)25/h1-7,11,16,19-20,26,33H,8-10,12-15,17H2/t19-,26-/m1/s1. The Morgan fingerprint density at radius 1 is 1.00 bits per heavy atom. The number of aliphatic hydroxyl groups is 1. The normalized spacial score (nSPS) is 22.3. The van der Waals surface area contributed by atoms with Crippen LogP contribution in [0.4, 0.5) is 0 Å². The van der Waals surface area contributed by atoms with E-state index in [1.807, 2.05) is 53.4 Å². The molecular formula is C27H29Cl2N3O2. The second-order valence-corrected chi connectivity index (χ2v) is 10.3. The Balaban J connectivity index is 1.16. The number of hydrogen-bond donors (Lipinski definition) is 1. The number of carbonyl (C=O) groups is 1. The minimum Gasteiger partial charge on any atom is -0.391 e. The molecule has 1 N–H and O–H groups in total. The first-order valence-corrected chi connectivity index (χ1v) is 12.7. The van der Waals surface area contributed by atoms with Crippen LogP contribution in [-0.4, -0.2) is 64.1 Å². The van der Waals surface area contributed by atoms with Gasteiger partial charge in [-0.25, -0.2) is 0 Å². The molecule has 0 unspecified atom stereocenters. The van der Waals surface area contributed by atoms with Crippen LogP contribution in [0.5, 0.6) is 0 Å². The van der Waals surface area contributed by atoms with E-state index < -0.39 is 0 Å². The van der Waals surface area contributed by atoms with Crippen molar-refractivity contribution in [1.82, 2.24) is 14.8 Å². The lowest BCUT2D eigenvalue weighted by Crippen LogP contribution is -2.52. The predicted octanol–water partition coefficient (Wildman–Crippen LogP) is 5.07. The number of amides is 1. The van der Waals surface area contributed by atoms with Gasteiger partial charge in [-0.15, -0.1) is 0 Å². The molecule has 2 atom stereocenters. The van der Waals surface area contributed by atoms with Crippen molar-refractivity contribution in [2.75, 3.05) is 26.2 Å². The third-order valence-electron chi connectivity index (χ3n) is 7.38. The zero-order valence-electron chi connectivity index (χ0n) is 19.0. The first kappa shape index (κ1) is 23.6. The Bertz CT molecular complexity index is 1170. The van der Waals surface area contributed by atoms with Gasteiger partial charge in [-0.1, -0.05) is 47.5 Å². The van der Waals surface area contributed by atoms with Gasteiger partial charge in [-0.2, -0.15) is 0 Å². The lowest BCUT2D eigenvalue weighted by molar-refractivity contribution is -0.00867. The summed E-state index contributed by atoms with van der Waals surface area (Å²) >= 11 is 12.2. The molecule has 3 heterocycles. The van der Waals surface area contributed by atoms with Crippen molar-refractivity contribution in [2.45, 2.75) is 37.8 Å². The summed E-state index contributed by atoms with van der Waals surface area (Å²) in [5, 5.41) is 12.9. The van der Waals surface area contributed by atoms with Crippen LogP contribution in [0.15, 0.2) is 54.7 Å². The molecule has 0 spiro atoms. The molecule has 5 nitrogen and oxygen atoms in total. The maximum Gasteiger partial charge on any atom is 0.254 e. The first-order chi connectivity index (χ1) is 16.5. The fraction of sp³-hybridized carbons (Fsp3) is 0.407. The van der Waals surface area contributed by atoms with Crippen molar-refractivity contribution in [3.63, 3.8) is 0 Å². The van der Waals surface area contributed by atoms with E-state index in [-0.39, 0.29) is 17.9 Å². The molecular weight excluding hydrogens is 469 g/mol. The van der Waals surface area contributed by atoms with Crippen LogP contribution in [0.3, 0.4) is 0 Å². The molecule has 2 aliphatic rings. The molecule has 1 amide bonds. The molecule has 5 rings (SSSR count). The number of rotatable bonds is 4. The lowest BCUT2D eigenvalue weighted by atomic mass is 9.86. The highest BCUT2D eigenvalue weighted by molar-refractivity contribution is 6.42. The number of benzene rings is 2. The fourth-order valence-corrected chi connectivity index (χ4v) is 5.75. The molecule has 34 heavy (non-hydrogen) atoms. The van der Waals surface area contributed by atoms with Crippen LogP contribution >= 0.6 is 23.2 Å². The van der Waals surface area contributed by atoms with Gasteiger partial charge in [0.25, 0.3) is 5.91 Å². The molecule has 178 valence electrons. The molecule has 0 saturated carbocycles. The fourth-order valence-electron chi connectivity index (χ4n) is 5.43. The summed E-state index contributed by atoms with van der Waals surface area (Å²) < 4.78 is 0. The second-order valence-electron chi connectivity index (χ2n) is 9.46. The number of nitrogens with zero attached hydrogens (tertiary/aromatic N) is 3. The van der Waals surface area contributed by atoms with Gasteiger partial charge in [-0.05, 0) is 68.0 Å². The van der Waals surface area contributed by atoms with Crippen molar-refractivity contribution in [3.8, 4) is 0 Å². The number of pyridine rings is 1. The Morgan fingerprint density at radius 2 is 1.79 bits per heavy atom. The number of likely N-dealkylation sites (tertiary alicyclic amines) is 2. The average Bonchev–Trinajstić information content (AvgIpc) is 2.87. The summed E-state index contributed by atoms with van der Waals surface area (Å²) in [4.78, 5) is 22.0. The van der Waals surface area contributed by atoms with Gasteiger partial charge in [-0.3, -0.25) is 14.7 Å². The van der Waals surface area contributed by atoms with Crippen molar-refractivity contribution >= 4 is 40.0 Å². The number of β-amino-alcohol motifs (C(OH)–C–C–N with tert-alkyl or cyclic N) is 1. The highest BCUT2D eigenvalue weighted by Gasteiger charge is 2.34. The smallest absolute Gasteiger partial charge is 0.254 e. The summed E-state index contributed by atoms with van der Waals surface area (Å²) in [6, 6.07) is 15.7. The van der Waals surface area contributed by atoms with E-state index in [0.29, 0.717) is 22.6 Å². The summed E-state index contributed by atoms with van der Waals surface area (Å²) in [6.07, 6.45) is 4.96. The van der Waals surface area contributed by atoms with Gasteiger partial charge in [0.15, 0.2) is 0 Å². The van der Waals surface area contributed by atoms with Gasteiger partial charge < -0.3 is 10.0 Å². The third kappa shape index (κ3) is 4.94. The Kier molecular flexibility index (Phi) is 7.07. The van der Waals surface area contributed by atoms with E-state index in [0.717, 1.165) is 67.3 Å². The number of fused-ring (bicyclic) bond motifs is 1. The van der Waals surface area contributed by atoms with E-state index in [4.69, 9.17) is 23.2 Å². The Hall–Kier alpha value is -2.18. The Labute approximate surface area is 210 Å². The molecule has 0 aliphatic carbocycles. The number of halogens is 2. The molecule has 2 saturated heterocycles. The zero-order valence-corrected chi connectivity index (χ0v) is 20.5. The number of aromatic nitrogens is 1. The maximum atomic E-state index is 13.2. The van der Waals surface area contributed by atoms with Crippen LogP contribution in [0.2, 0.25) is 10.0 Å². The van der Waals surface area contributed by atoms with Crippen molar-refractivity contribution in [2.24, 2.45) is 5.92 Å². The van der Waals surface area contributed by atoms with Gasteiger partial charge in [0.05, 0.1) is 27.2 Å². The van der Waals surface area contributed by atoms with E-state index in [9.17, 15) is 9.90 Å². The SMILES string of the molecule is O=C(c1ccnc2ccccc12)N1CCC(N2CC[C@H](Cc3ccc(Cl)c(Cl)c3)[C@H](O)C2)CC1. The van der Waals surface area contributed by atoms with Crippen LogP contribution in [0, 0.1) is 5.92 Å². The minimum absolute atomic E-state index is 0.0809. The number of hydrogen-bond acceptors (Lipinski definition) is 4. The molecule has 0 bridgehead atoms. The van der Waals surface area contributed by atoms with Crippen molar-refractivity contribution < 1.29 is 9.90 Å². The van der Waals surface area contributed by atoms with E-state index in [1.54, 1.807) is 6.20 Å². The third-order valence-corrected chi connectivity index (χ3v) is 8.12. The summed E-state index contributed by atoms with van der Waals surface area (Å²) in [7, 11) is 0. The number of piperidine rings is 2. The molecule has 3 aromatic rings. The number of aliphatic hydroxyl groups excluding tert-OH is 1. The predicted molar refractivity (Wildman–Crippen MR) is 137 cm³/mol. The summed E-state index contributed by atoms with van der Waals surface area (Å²) in [6.45, 7) is 3.12. The van der Waals surface area contributed by atoms with Gasteiger partial charge in [0.2, 0.25) is 0 Å². The molecule has 2 aliphatic heterocycles. The van der Waals surface area contributed by atoms with Crippen LogP contribution < -0.4 is 0 Å². The number of para-hydroxylation sites is 1. The molecule has 7 heteroatoms. The van der Waals surface area contributed by atoms with Crippen molar-refractivity contribution in [1.29, 1.82) is 0 Å². The molecule has 0 radical (unpaired) electrons. The lowest BCUT2D eigenvalue weighted by Gasteiger charge is -2.43. The van der Waals surface area contributed by atoms with Crippen LogP contribution in [0.1, 0.15) is 35.2 Å². The van der Waals surface area contributed by atoms with E-state index >= 15 is 0 Å². The van der Waals surface area contributed by atoms with Gasteiger partial charge >= 0.3 is 0 Å². The largest absolute Gasteiger partial charge is 0.391 e. The molecule has 2 fully saturated rings. The maximum absolute atomic E-state index is 13.2. The van der Waals surface area contributed by atoms with Crippen LogP contribution in [0.25, 0.3) is 10.9 Å². The highest BCUT2D eigenvalue weighted by atomic mass is 35.5. The van der Waals surface area contributed by atoms with Gasteiger partial charge in [0.1, 0.15) is 0 Å². The van der Waals surface area contributed by atoms with E-state index in [2.05, 4.69) is 9.88 Å². The Morgan fingerprint density at radius 3 is 2.56 bits per heavy atom. The molecule has 2 aromatic carbocycles. The highest BCUT2D eigenvalue weighted by Crippen LogP contribution is 2.29.